The van der Waals surface area contributed by atoms with Gasteiger partial charge in [-0.1, -0.05) is 64.9 Å². The molecule has 0 radical (unpaired) electrons. The van der Waals surface area contributed by atoms with Gasteiger partial charge in [0.15, 0.2) is 5.78 Å². The Morgan fingerprint density at radius 1 is 0.470 bits per heavy atom. The van der Waals surface area contributed by atoms with Crippen LogP contribution in [0.25, 0.3) is 33.4 Å². The molecule has 0 bridgehead atoms. The fourth-order valence-corrected chi connectivity index (χ4v) is 16.1. The average Bonchev–Trinajstić information content (AvgIpc) is 1.43. The molecule has 6 aromatic carbocycles. The molecule has 12 rings (SSSR count). The van der Waals surface area contributed by atoms with Gasteiger partial charge in [-0.3, -0.25) is 57.9 Å². The molecule has 1 atom stereocenters. The molecule has 0 saturated carbocycles. The van der Waals surface area contributed by atoms with Crippen LogP contribution in [0.5, 0.6) is 34.5 Å². The second-order valence-electron chi connectivity index (χ2n) is 23.4. The smallest absolute Gasteiger partial charge is 0.306 e. The van der Waals surface area contributed by atoms with Crippen molar-refractivity contribution in [2.75, 3.05) is 27.3 Å². The van der Waals surface area contributed by atoms with Gasteiger partial charge in [0.25, 0.3) is 41.9 Å². The van der Waals surface area contributed by atoms with Crippen LogP contribution in [0.15, 0.2) is 186 Å². The van der Waals surface area contributed by atoms with Crippen molar-refractivity contribution in [1.82, 2.24) is 53.7 Å². The van der Waals surface area contributed by atoms with Crippen molar-refractivity contribution >= 4 is 174 Å². The first-order chi connectivity index (χ1) is 55.6. The van der Waals surface area contributed by atoms with Gasteiger partial charge in [0.1, 0.15) is 98.1 Å². The number of carboxylic acid groups (broad SMARTS) is 3. The molecule has 6 heterocycles. The Kier molecular flexibility index (Phi) is 29.1. The van der Waals surface area contributed by atoms with Gasteiger partial charge in [0.2, 0.25) is 15.4 Å². The topological polar surface area (TPSA) is 493 Å². The summed E-state index contributed by atoms with van der Waals surface area (Å²) in [5.41, 5.74) is 2.66. The lowest BCUT2D eigenvalue weighted by Crippen LogP contribution is -2.26. The minimum absolute atomic E-state index is 0.00498. The third-order valence-electron chi connectivity index (χ3n) is 15.3. The lowest BCUT2D eigenvalue weighted by molar-refractivity contribution is -0.141. The number of hydrogen-bond acceptors (Lipinski definition) is 28. The molecule has 602 valence electrons. The van der Waals surface area contributed by atoms with Crippen LogP contribution in [-0.4, -0.2) is 132 Å². The van der Waals surface area contributed by atoms with E-state index in [1.54, 1.807) is 36.4 Å². The number of Topliss-reactive ketones (excluding diaryl/α,β-unsaturated/α-hetero) is 1. The molecule has 0 aliphatic heterocycles. The number of carbonyl (C=O) groups is 6. The van der Waals surface area contributed by atoms with E-state index in [1.165, 1.54) is 105 Å². The van der Waals surface area contributed by atoms with Gasteiger partial charge in [-0.2, -0.15) is 18.4 Å². The quantitative estimate of drug-likeness (QED) is 0.0194. The van der Waals surface area contributed by atoms with Crippen LogP contribution in [-0.2, 0) is 44.5 Å². The van der Waals surface area contributed by atoms with Crippen LogP contribution in [0, 0.1) is 28.9 Å². The molecule has 0 spiro atoms. The Labute approximate surface area is 697 Å². The van der Waals surface area contributed by atoms with Gasteiger partial charge in [-0.25, -0.2) is 49.0 Å². The monoisotopic (exact) mass is 1810 g/mol. The number of pyridine rings is 3. The summed E-state index contributed by atoms with van der Waals surface area (Å²) in [5, 5.41) is 41.8. The molecule has 0 saturated heterocycles. The van der Waals surface area contributed by atoms with Gasteiger partial charge in [-0.05, 0) is 138 Å². The zero-order valence-electron chi connectivity index (χ0n) is 58.8. The SMILES string of the molecule is C[C@H](CC(=O)c1cc(-c2cc(Cl)ccc2Oc2cc(F)c(S(=O)(=O)Nc3ncns3)cc2Cl)ccn1)C(=O)O.N#Cc1cc(S(=O)(=O)Nc2ncns2)ccc1Oc1ccc(Cl)cc1-c1ccnc(C(=O)NCCC(=O)O)c1.O=C(O)CCNC(=O)c1cc(-c2cc(Cl)ccc2Oc2cc(F)c(S(=O)(=O)Nc3ncns3)cc2Cl)ccn1. The predicted octanol–water partition coefficient (Wildman–Crippen LogP) is 14.7. The minimum atomic E-state index is -4.36. The number of carboxylic acids is 3. The first kappa shape index (κ1) is 87.3. The molecular formula is C71H50Cl5F2N15O18S6. The zero-order chi connectivity index (χ0) is 84.5. The number of sulfonamides is 3. The van der Waals surface area contributed by atoms with E-state index in [-0.39, 0.29) is 120 Å². The number of amides is 2. The zero-order valence-corrected chi connectivity index (χ0v) is 67.5. The van der Waals surface area contributed by atoms with Gasteiger partial charge in [0.05, 0.1) is 39.3 Å². The highest BCUT2D eigenvalue weighted by molar-refractivity contribution is 7.93. The highest BCUT2D eigenvalue weighted by Gasteiger charge is 2.28. The van der Waals surface area contributed by atoms with Gasteiger partial charge in [-0.15, -0.1) is 0 Å². The Hall–Kier alpha value is -12.1. The molecule has 46 heteroatoms. The number of hydrogen-bond donors (Lipinski definition) is 8. The number of nitrogens with zero attached hydrogens (tertiary/aromatic N) is 10. The Balaban J connectivity index is 0.000000185. The summed E-state index contributed by atoms with van der Waals surface area (Å²) in [7, 11) is -12.7. The molecule has 0 aliphatic carbocycles. The van der Waals surface area contributed by atoms with Crippen molar-refractivity contribution in [1.29, 1.82) is 5.26 Å². The van der Waals surface area contributed by atoms with Crippen LogP contribution in [0.4, 0.5) is 24.2 Å². The molecule has 0 aliphatic rings. The molecule has 117 heavy (non-hydrogen) atoms. The van der Waals surface area contributed by atoms with E-state index in [4.69, 9.17) is 87.5 Å². The van der Waals surface area contributed by atoms with E-state index in [2.05, 4.69) is 67.8 Å². The third kappa shape index (κ3) is 23.6. The number of aliphatic carboxylic acids is 3. The van der Waals surface area contributed by atoms with Gasteiger partial charge >= 0.3 is 17.9 Å². The van der Waals surface area contributed by atoms with Crippen LogP contribution in [0.3, 0.4) is 0 Å². The summed E-state index contributed by atoms with van der Waals surface area (Å²) in [6.45, 7) is 1.26. The van der Waals surface area contributed by atoms with Crippen LogP contribution < -0.4 is 39.0 Å². The van der Waals surface area contributed by atoms with Crippen molar-refractivity contribution in [3.05, 3.63) is 230 Å². The summed E-state index contributed by atoms with van der Waals surface area (Å²) >= 11 is 33.5. The molecule has 12 aromatic rings. The first-order valence-corrected chi connectivity index (χ1v) is 41.3. The van der Waals surface area contributed by atoms with Crippen molar-refractivity contribution in [2.45, 2.75) is 40.9 Å². The predicted molar refractivity (Wildman–Crippen MR) is 425 cm³/mol. The molecule has 33 nitrogen and oxygen atoms in total. The molecule has 0 fully saturated rings. The second-order valence-corrected chi connectivity index (χ2v) is 32.9. The third-order valence-corrected chi connectivity index (χ3v) is 22.8. The van der Waals surface area contributed by atoms with Crippen molar-refractivity contribution in [3.63, 3.8) is 0 Å². The maximum Gasteiger partial charge on any atom is 0.306 e. The largest absolute Gasteiger partial charge is 0.481 e. The minimum Gasteiger partial charge on any atom is -0.481 e. The Bertz CT molecular complexity index is 6190. The van der Waals surface area contributed by atoms with Gasteiger partial charge in [0, 0.05) is 117 Å². The summed E-state index contributed by atoms with van der Waals surface area (Å²) in [4.78, 5) is 91.6. The van der Waals surface area contributed by atoms with E-state index in [0.29, 0.717) is 48.4 Å². The summed E-state index contributed by atoms with van der Waals surface area (Å²) in [6, 6.07) is 32.1. The number of ether oxygens (including phenoxy) is 3. The number of carbonyl (C=O) groups excluding carboxylic acids is 3. The van der Waals surface area contributed by atoms with Crippen LogP contribution in [0.1, 0.15) is 63.2 Å². The fourth-order valence-electron chi connectivity index (χ4n) is 9.83. The van der Waals surface area contributed by atoms with Crippen LogP contribution in [0.2, 0.25) is 25.1 Å². The summed E-state index contributed by atoms with van der Waals surface area (Å²) < 4.78 is 141. The van der Waals surface area contributed by atoms with Gasteiger partial charge < -0.3 is 40.2 Å². The highest BCUT2D eigenvalue weighted by atomic mass is 35.5. The first-order valence-electron chi connectivity index (χ1n) is 32.6. The Morgan fingerprint density at radius 3 is 1.21 bits per heavy atom. The van der Waals surface area contributed by atoms with Crippen molar-refractivity contribution in [2.24, 2.45) is 5.92 Å². The number of aromatic nitrogens is 9. The molecule has 2 amide bonds. The highest BCUT2D eigenvalue weighted by Crippen LogP contribution is 2.43. The lowest BCUT2D eigenvalue weighted by Gasteiger charge is -2.15. The maximum absolute atomic E-state index is 14.9. The van der Waals surface area contributed by atoms with E-state index in [9.17, 15) is 68.1 Å². The molecule has 8 N–H and O–H groups in total. The van der Waals surface area contributed by atoms with E-state index < -0.39 is 92.9 Å². The molecule has 0 unspecified atom stereocenters. The van der Waals surface area contributed by atoms with Crippen molar-refractivity contribution < 1.29 is 92.3 Å². The number of nitriles is 1. The van der Waals surface area contributed by atoms with E-state index >= 15 is 0 Å². The summed E-state index contributed by atoms with van der Waals surface area (Å²) in [5.74, 6) is -7.72. The number of benzene rings is 6. The fraction of sp³-hybridized carbons (Fsp3) is 0.0986. The number of halogens is 7. The van der Waals surface area contributed by atoms with Crippen molar-refractivity contribution in [3.8, 4) is 73.9 Å². The second kappa shape index (κ2) is 39.0. The molecular weight excluding hydrogens is 1760 g/mol. The summed E-state index contributed by atoms with van der Waals surface area (Å²) in [6.07, 6.45) is 6.89. The number of rotatable bonds is 30. The maximum atomic E-state index is 14.9. The number of anilines is 3. The lowest BCUT2D eigenvalue weighted by atomic mass is 10.00. The molecule has 6 aromatic heterocycles. The Morgan fingerprint density at radius 2 is 0.838 bits per heavy atom. The van der Waals surface area contributed by atoms with E-state index in [0.717, 1.165) is 71.5 Å². The number of ketones is 1. The van der Waals surface area contributed by atoms with E-state index in [1.807, 2.05) is 6.07 Å². The average molecular weight is 1810 g/mol. The number of nitrogens with one attached hydrogen (secondary N) is 5. The standard InChI is InChI=1S/C24H17Cl2FN4O6S2.C24H17ClN6O6S2.C23H16Cl2FN5O6S2/c1-12(23(33)34)6-19(32)18-7-13(4-5-28-18)15-8-14(25)2-3-20(15)37-21-10-17(27)22(9-16(21)26)39(35,36)31-24-29-11-30-38-24;25-16-1-3-21(18(11-16)14-5-7-27-19(10-14)23(34)28-8-6-22(32)33)37-20-4-2-17(9-15(20)12-26)39(35,36)31-24-29-13-30-38-24;24-13-1-2-18(14(8-13)12-3-5-27-17(7-12)22(34)28-6-4-21(32)33)37-19-10-16(26)20(9-15(19)25)39(35,36)31-23-29-11-30-38-23/h2-5,7-12H,6H2,1H3,(H,33,34)(H,29,30,31);1-5,7,9-11,13H,6,8H2,(H,28,34)(H,32,33)(H,29,30,31);1-3,5,7-11H,4,6H2,(H,28,34)(H,32,33)(H,29,30,31)/t12-;;/m1../s1. The normalized spacial score (nSPS) is 11.4. The van der Waals surface area contributed by atoms with Crippen LogP contribution >= 0.6 is 92.6 Å².